The first-order valence-electron chi connectivity index (χ1n) is 6.73. The molecule has 0 saturated heterocycles. The minimum atomic E-state index is -0.695. The third kappa shape index (κ3) is 4.29. The molecule has 2 N–H and O–H groups in total. The fourth-order valence-corrected chi connectivity index (χ4v) is 1.91. The molecule has 0 aromatic heterocycles. The summed E-state index contributed by atoms with van der Waals surface area (Å²) in [5, 5.41) is 8.54. The van der Waals surface area contributed by atoms with Crippen LogP contribution in [0, 0.1) is 0 Å². The number of carbonyl (C=O) groups is 2. The van der Waals surface area contributed by atoms with E-state index in [9.17, 15) is 9.59 Å². The Morgan fingerprint density at radius 1 is 1.00 bits per heavy atom. The molecule has 0 spiro atoms. The van der Waals surface area contributed by atoms with Gasteiger partial charge in [-0.2, -0.15) is 0 Å². The van der Waals surface area contributed by atoms with Gasteiger partial charge in [-0.1, -0.05) is 48.5 Å². The highest BCUT2D eigenvalue weighted by atomic mass is 16.5. The van der Waals surface area contributed by atoms with E-state index in [1.807, 2.05) is 36.4 Å². The van der Waals surface area contributed by atoms with E-state index < -0.39 is 5.91 Å². The number of hydrogen-bond donors (Lipinski definition) is 2. The highest BCUT2D eigenvalue weighted by molar-refractivity contribution is 5.95. The first-order valence-corrected chi connectivity index (χ1v) is 6.73. The third-order valence-corrected chi connectivity index (χ3v) is 2.99. The van der Waals surface area contributed by atoms with Crippen LogP contribution in [-0.2, 0) is 11.3 Å². The third-order valence-electron chi connectivity index (χ3n) is 2.99. The van der Waals surface area contributed by atoms with Crippen molar-refractivity contribution in [1.29, 1.82) is 0 Å². The van der Waals surface area contributed by atoms with Crippen LogP contribution in [0.15, 0.2) is 72.9 Å². The smallest absolute Gasteiger partial charge is 0.268 e. The first kappa shape index (κ1) is 15.5. The predicted molar refractivity (Wildman–Crippen MR) is 81.8 cm³/mol. The lowest BCUT2D eigenvalue weighted by molar-refractivity contribution is -0.124. The normalized spacial score (nSPS) is 10.4. The van der Waals surface area contributed by atoms with E-state index in [1.165, 1.54) is 16.6 Å². The van der Waals surface area contributed by atoms with Gasteiger partial charge < -0.3 is 4.90 Å². The summed E-state index contributed by atoms with van der Waals surface area (Å²) >= 11 is 0. The van der Waals surface area contributed by atoms with Crippen LogP contribution >= 0.6 is 0 Å². The van der Waals surface area contributed by atoms with Crippen molar-refractivity contribution < 1.29 is 14.8 Å². The van der Waals surface area contributed by atoms with Crippen LogP contribution in [0.4, 0.5) is 0 Å². The fraction of sp³-hybridized carbons (Fsp3) is 0.0588. The van der Waals surface area contributed by atoms with Crippen molar-refractivity contribution in [3.8, 4) is 0 Å². The van der Waals surface area contributed by atoms with Crippen molar-refractivity contribution in [2.75, 3.05) is 0 Å². The molecule has 5 heteroatoms. The van der Waals surface area contributed by atoms with Gasteiger partial charge >= 0.3 is 0 Å². The maximum Gasteiger partial charge on any atom is 0.268 e. The Bertz CT molecular complexity index is 654. The standard InChI is InChI=1S/C17H16N2O3/c20-16(18-22)11-12-19(13-14-7-3-1-4-8-14)17(21)15-9-5-2-6-10-15/h1-12,22H,13H2,(H,18,20). The number of benzene rings is 2. The van der Waals surface area contributed by atoms with Crippen LogP contribution in [0.2, 0.25) is 0 Å². The van der Waals surface area contributed by atoms with E-state index in [2.05, 4.69) is 0 Å². The van der Waals surface area contributed by atoms with Gasteiger partial charge in [0.25, 0.3) is 11.8 Å². The second-order valence-electron chi connectivity index (χ2n) is 4.58. The van der Waals surface area contributed by atoms with Crippen LogP contribution < -0.4 is 5.48 Å². The zero-order valence-corrected chi connectivity index (χ0v) is 11.8. The fourth-order valence-electron chi connectivity index (χ4n) is 1.91. The molecule has 0 radical (unpaired) electrons. The summed E-state index contributed by atoms with van der Waals surface area (Å²) in [6.07, 6.45) is 2.46. The van der Waals surface area contributed by atoms with Gasteiger partial charge in [-0.3, -0.25) is 14.8 Å². The zero-order chi connectivity index (χ0) is 15.8. The number of rotatable bonds is 5. The molecule has 0 fully saturated rings. The summed E-state index contributed by atoms with van der Waals surface area (Å²) in [5.74, 6) is -0.926. The molecule has 0 aliphatic carbocycles. The van der Waals surface area contributed by atoms with E-state index >= 15 is 0 Å². The number of carbonyl (C=O) groups excluding carboxylic acids is 2. The van der Waals surface area contributed by atoms with E-state index in [1.54, 1.807) is 24.3 Å². The number of hydroxylamine groups is 1. The monoisotopic (exact) mass is 296 g/mol. The molecule has 0 atom stereocenters. The Hall–Kier alpha value is -2.92. The summed E-state index contributed by atoms with van der Waals surface area (Å²) in [4.78, 5) is 25.1. The van der Waals surface area contributed by atoms with Crippen molar-refractivity contribution in [2.45, 2.75) is 6.54 Å². The van der Waals surface area contributed by atoms with Gasteiger partial charge in [0.15, 0.2) is 0 Å². The average Bonchev–Trinajstić information content (AvgIpc) is 2.59. The van der Waals surface area contributed by atoms with Crippen LogP contribution in [0.3, 0.4) is 0 Å². The number of hydrogen-bond acceptors (Lipinski definition) is 3. The quantitative estimate of drug-likeness (QED) is 0.505. The number of nitrogens with one attached hydrogen (secondary N) is 1. The molecule has 112 valence electrons. The van der Waals surface area contributed by atoms with Crippen LogP contribution in [0.5, 0.6) is 0 Å². The van der Waals surface area contributed by atoms with Gasteiger partial charge in [0.05, 0.1) is 6.54 Å². The molecule has 22 heavy (non-hydrogen) atoms. The van der Waals surface area contributed by atoms with E-state index in [4.69, 9.17) is 5.21 Å². The molecule has 0 aliphatic rings. The Labute approximate surface area is 128 Å². The van der Waals surface area contributed by atoms with Crippen LogP contribution in [0.1, 0.15) is 15.9 Å². The molecule has 5 nitrogen and oxygen atoms in total. The van der Waals surface area contributed by atoms with Crippen molar-refractivity contribution in [2.24, 2.45) is 0 Å². The van der Waals surface area contributed by atoms with E-state index in [0.717, 1.165) is 11.6 Å². The molecule has 2 aromatic carbocycles. The summed E-state index contributed by atoms with van der Waals surface area (Å²) in [6.45, 7) is 0.323. The molecule has 0 saturated carbocycles. The van der Waals surface area contributed by atoms with E-state index in [0.29, 0.717) is 12.1 Å². The molecule has 0 bridgehead atoms. The first-order chi connectivity index (χ1) is 10.7. The van der Waals surface area contributed by atoms with E-state index in [-0.39, 0.29) is 5.91 Å². The SMILES string of the molecule is O=C(C=CN(Cc1ccccc1)C(=O)c1ccccc1)NO. The van der Waals surface area contributed by atoms with Crippen molar-refractivity contribution >= 4 is 11.8 Å². The van der Waals surface area contributed by atoms with Crippen molar-refractivity contribution in [3.05, 3.63) is 84.1 Å². The second kappa shape index (κ2) is 7.75. The molecule has 2 amide bonds. The summed E-state index contributed by atoms with van der Waals surface area (Å²) in [6, 6.07) is 18.2. The maximum atomic E-state index is 12.5. The van der Waals surface area contributed by atoms with Crippen LogP contribution in [-0.4, -0.2) is 21.9 Å². The molecule has 0 unspecified atom stereocenters. The molecule has 0 aliphatic heterocycles. The second-order valence-corrected chi connectivity index (χ2v) is 4.58. The highest BCUT2D eigenvalue weighted by Crippen LogP contribution is 2.10. The Balaban J connectivity index is 2.23. The molecule has 2 aromatic rings. The lowest BCUT2D eigenvalue weighted by atomic mass is 10.1. The highest BCUT2D eigenvalue weighted by Gasteiger charge is 2.13. The molecular formula is C17H16N2O3. The lowest BCUT2D eigenvalue weighted by Gasteiger charge is -2.18. The zero-order valence-electron chi connectivity index (χ0n) is 11.8. The summed E-state index contributed by atoms with van der Waals surface area (Å²) in [5.41, 5.74) is 2.95. The largest absolute Gasteiger partial charge is 0.310 e. The molecular weight excluding hydrogens is 280 g/mol. The maximum absolute atomic E-state index is 12.5. The van der Waals surface area contributed by atoms with Gasteiger partial charge in [0.1, 0.15) is 0 Å². The van der Waals surface area contributed by atoms with Gasteiger partial charge in [-0.15, -0.1) is 0 Å². The van der Waals surface area contributed by atoms with Gasteiger partial charge in [-0.05, 0) is 17.7 Å². The topological polar surface area (TPSA) is 69.6 Å². The van der Waals surface area contributed by atoms with Crippen molar-refractivity contribution in [1.82, 2.24) is 10.4 Å². The summed E-state index contributed by atoms with van der Waals surface area (Å²) in [7, 11) is 0. The average molecular weight is 296 g/mol. The van der Waals surface area contributed by atoms with Crippen LogP contribution in [0.25, 0.3) is 0 Å². The van der Waals surface area contributed by atoms with Crippen molar-refractivity contribution in [3.63, 3.8) is 0 Å². The predicted octanol–water partition coefficient (Wildman–Crippen LogP) is 2.35. The Morgan fingerprint density at radius 3 is 2.18 bits per heavy atom. The molecule has 2 rings (SSSR count). The number of amides is 2. The Morgan fingerprint density at radius 2 is 1.59 bits per heavy atom. The summed E-state index contributed by atoms with van der Waals surface area (Å²) < 4.78 is 0. The van der Waals surface area contributed by atoms with Gasteiger partial charge in [-0.25, -0.2) is 5.48 Å². The molecule has 0 heterocycles. The lowest BCUT2D eigenvalue weighted by Crippen LogP contribution is -2.26. The van der Waals surface area contributed by atoms with Gasteiger partial charge in [0, 0.05) is 17.8 Å². The van der Waals surface area contributed by atoms with Gasteiger partial charge in [0.2, 0.25) is 0 Å². The Kier molecular flexibility index (Phi) is 5.45. The number of nitrogens with zero attached hydrogens (tertiary/aromatic N) is 1. The minimum absolute atomic E-state index is 0.230. The minimum Gasteiger partial charge on any atom is -0.310 e.